The van der Waals surface area contributed by atoms with Crippen LogP contribution in [-0.4, -0.2) is 37.1 Å². The number of ether oxygens (including phenoxy) is 1. The number of nitrogens with zero attached hydrogens (tertiary/aromatic N) is 2. The first-order valence-electron chi connectivity index (χ1n) is 8.87. The number of methoxy groups -OCH3 is 1. The van der Waals surface area contributed by atoms with Gasteiger partial charge < -0.3 is 15.0 Å². The van der Waals surface area contributed by atoms with Crippen molar-refractivity contribution < 1.29 is 13.9 Å². The molecule has 3 rings (SSSR count). The van der Waals surface area contributed by atoms with Crippen LogP contribution in [0.5, 0.6) is 5.75 Å². The summed E-state index contributed by atoms with van der Waals surface area (Å²) in [6, 6.07) is 11.3. The summed E-state index contributed by atoms with van der Waals surface area (Å²) in [4.78, 5) is 16.3. The van der Waals surface area contributed by atoms with E-state index in [1.807, 2.05) is 24.3 Å². The lowest BCUT2D eigenvalue weighted by Gasteiger charge is -2.39. The topological polar surface area (TPSA) is 44.8 Å². The molecule has 8 heteroatoms. The minimum absolute atomic E-state index is 0.234. The van der Waals surface area contributed by atoms with E-state index in [0.29, 0.717) is 37.9 Å². The number of benzene rings is 2. The molecule has 29 heavy (non-hydrogen) atoms. The second kappa shape index (κ2) is 8.51. The smallest absolute Gasteiger partial charge is 0.253 e. The van der Waals surface area contributed by atoms with Crippen LogP contribution >= 0.6 is 28.1 Å². The lowest BCUT2D eigenvalue weighted by Crippen LogP contribution is -2.49. The Morgan fingerprint density at radius 3 is 2.62 bits per heavy atom. The van der Waals surface area contributed by atoms with E-state index >= 15 is 0 Å². The largest absolute Gasteiger partial charge is 0.495 e. The number of nitrogens with one attached hydrogen (secondary N) is 1. The predicted molar refractivity (Wildman–Crippen MR) is 119 cm³/mol. The molecule has 1 amide bonds. The minimum Gasteiger partial charge on any atom is -0.495 e. The third kappa shape index (κ3) is 4.00. The van der Waals surface area contributed by atoms with Crippen molar-refractivity contribution in [2.24, 2.45) is 0 Å². The molecule has 1 atom stereocenters. The molecule has 1 aliphatic rings. The van der Waals surface area contributed by atoms with Gasteiger partial charge in [-0.2, -0.15) is 0 Å². The number of likely N-dealkylation sites (N-methyl/N-ethyl adjacent to an activating group) is 1. The highest BCUT2D eigenvalue weighted by Gasteiger charge is 2.37. The van der Waals surface area contributed by atoms with Crippen molar-refractivity contribution in [1.29, 1.82) is 0 Å². The molecule has 1 unspecified atom stereocenters. The minimum atomic E-state index is -0.721. The molecule has 2 aromatic carbocycles. The summed E-state index contributed by atoms with van der Waals surface area (Å²) < 4.78 is 20.9. The summed E-state index contributed by atoms with van der Waals surface area (Å²) in [6.07, 6.45) is 0. The normalized spacial score (nSPS) is 16.6. The van der Waals surface area contributed by atoms with Crippen molar-refractivity contribution in [3.63, 3.8) is 0 Å². The highest BCUT2D eigenvalue weighted by atomic mass is 79.9. The van der Waals surface area contributed by atoms with E-state index in [-0.39, 0.29) is 5.91 Å². The summed E-state index contributed by atoms with van der Waals surface area (Å²) in [6.45, 7) is 1.80. The summed E-state index contributed by atoms with van der Waals surface area (Å²) in [5, 5.41) is 3.51. The van der Waals surface area contributed by atoms with Crippen LogP contribution < -0.4 is 15.0 Å². The van der Waals surface area contributed by atoms with Gasteiger partial charge in [-0.15, -0.1) is 0 Å². The molecular formula is C21H21BrFN3O2S. The number of amides is 1. The second-order valence-electron chi connectivity index (χ2n) is 6.75. The zero-order valence-electron chi connectivity index (χ0n) is 16.5. The maximum Gasteiger partial charge on any atom is 0.253 e. The Kier molecular flexibility index (Phi) is 6.24. The first-order chi connectivity index (χ1) is 13.8. The van der Waals surface area contributed by atoms with Gasteiger partial charge in [0.15, 0.2) is 5.11 Å². The Labute approximate surface area is 183 Å². The molecule has 0 saturated carbocycles. The van der Waals surface area contributed by atoms with Gasteiger partial charge in [-0.1, -0.05) is 28.1 Å². The third-order valence-electron chi connectivity index (χ3n) is 4.72. The zero-order valence-corrected chi connectivity index (χ0v) is 18.9. The number of para-hydroxylation sites is 2. The van der Waals surface area contributed by atoms with Gasteiger partial charge in [0.05, 0.1) is 24.4 Å². The van der Waals surface area contributed by atoms with Gasteiger partial charge in [-0.05, 0) is 49.5 Å². The first-order valence-corrected chi connectivity index (χ1v) is 10.1. The fourth-order valence-electron chi connectivity index (χ4n) is 3.33. The lowest BCUT2D eigenvalue weighted by molar-refractivity contribution is -0.125. The van der Waals surface area contributed by atoms with Crippen LogP contribution in [0.1, 0.15) is 18.5 Å². The highest BCUT2D eigenvalue weighted by Crippen LogP contribution is 2.38. The monoisotopic (exact) mass is 477 g/mol. The SMILES string of the molecule is COc1ccccc1N1C(=S)NC(c2cc(Br)ccc2F)C(C(=O)N(C)C)=C1C. The molecular weight excluding hydrogens is 457 g/mol. The van der Waals surface area contributed by atoms with Crippen molar-refractivity contribution in [3.8, 4) is 5.75 Å². The second-order valence-corrected chi connectivity index (χ2v) is 8.06. The summed E-state index contributed by atoms with van der Waals surface area (Å²) in [7, 11) is 4.90. The van der Waals surface area contributed by atoms with Gasteiger partial charge in [-0.25, -0.2) is 4.39 Å². The predicted octanol–water partition coefficient (Wildman–Crippen LogP) is 4.39. The number of thiocarbonyl (C=S) groups is 1. The van der Waals surface area contributed by atoms with Crippen LogP contribution in [0.15, 0.2) is 58.2 Å². The summed E-state index contributed by atoms with van der Waals surface area (Å²) in [5.74, 6) is -0.0439. The number of hydrogen-bond donors (Lipinski definition) is 1. The molecule has 2 aromatic rings. The van der Waals surface area contributed by atoms with E-state index < -0.39 is 11.9 Å². The van der Waals surface area contributed by atoms with Crippen LogP contribution in [0, 0.1) is 5.82 Å². The first kappa shape index (κ1) is 21.3. The Hall–Kier alpha value is -2.45. The van der Waals surface area contributed by atoms with Crippen LogP contribution in [0.2, 0.25) is 0 Å². The van der Waals surface area contributed by atoms with Gasteiger partial charge >= 0.3 is 0 Å². The Morgan fingerprint density at radius 2 is 1.97 bits per heavy atom. The molecule has 1 aliphatic heterocycles. The Bertz CT molecular complexity index is 1010. The van der Waals surface area contributed by atoms with E-state index in [1.165, 1.54) is 11.0 Å². The van der Waals surface area contributed by atoms with Gasteiger partial charge in [0, 0.05) is 29.8 Å². The molecule has 1 heterocycles. The fraction of sp³-hybridized carbons (Fsp3) is 0.238. The molecule has 0 saturated heterocycles. The number of anilines is 1. The molecule has 0 radical (unpaired) electrons. The number of rotatable bonds is 4. The van der Waals surface area contributed by atoms with Gasteiger partial charge in [-0.3, -0.25) is 9.69 Å². The van der Waals surface area contributed by atoms with Crippen LogP contribution in [0.3, 0.4) is 0 Å². The van der Waals surface area contributed by atoms with Gasteiger partial charge in [0.2, 0.25) is 0 Å². The molecule has 0 bridgehead atoms. The van der Waals surface area contributed by atoms with Crippen LogP contribution in [-0.2, 0) is 4.79 Å². The van der Waals surface area contributed by atoms with Crippen molar-refractivity contribution >= 4 is 44.9 Å². The number of halogens is 2. The van der Waals surface area contributed by atoms with E-state index in [0.717, 1.165) is 0 Å². The molecule has 5 nitrogen and oxygen atoms in total. The zero-order chi connectivity index (χ0) is 21.3. The summed E-state index contributed by atoms with van der Waals surface area (Å²) >= 11 is 9.00. The van der Waals surface area contributed by atoms with E-state index in [4.69, 9.17) is 17.0 Å². The van der Waals surface area contributed by atoms with E-state index in [2.05, 4.69) is 21.2 Å². The summed E-state index contributed by atoms with van der Waals surface area (Å²) in [5.41, 5.74) is 2.06. The van der Waals surface area contributed by atoms with Gasteiger partial charge in [0.1, 0.15) is 11.6 Å². The van der Waals surface area contributed by atoms with E-state index in [1.54, 1.807) is 45.2 Å². The Balaban J connectivity index is 2.24. The lowest BCUT2D eigenvalue weighted by atomic mass is 9.93. The van der Waals surface area contributed by atoms with E-state index in [9.17, 15) is 9.18 Å². The third-order valence-corrected chi connectivity index (χ3v) is 5.51. The maximum atomic E-state index is 14.7. The van der Waals surface area contributed by atoms with Crippen molar-refractivity contribution in [2.75, 3.05) is 26.1 Å². The Morgan fingerprint density at radius 1 is 1.28 bits per heavy atom. The number of carbonyl (C=O) groups is 1. The van der Waals surface area contributed by atoms with Gasteiger partial charge in [0.25, 0.3) is 5.91 Å². The molecule has 0 aromatic heterocycles. The van der Waals surface area contributed by atoms with Crippen LogP contribution in [0.25, 0.3) is 0 Å². The quantitative estimate of drug-likeness (QED) is 0.661. The number of allylic oxidation sites excluding steroid dienone is 1. The van der Waals surface area contributed by atoms with Crippen molar-refractivity contribution in [3.05, 3.63) is 69.6 Å². The molecule has 0 spiro atoms. The molecule has 152 valence electrons. The molecule has 0 aliphatic carbocycles. The number of carbonyl (C=O) groups excluding carboxylic acids is 1. The van der Waals surface area contributed by atoms with Crippen molar-refractivity contribution in [2.45, 2.75) is 13.0 Å². The molecule has 0 fully saturated rings. The average molecular weight is 478 g/mol. The maximum absolute atomic E-state index is 14.7. The molecule has 1 N–H and O–H groups in total. The average Bonchev–Trinajstić information content (AvgIpc) is 2.69. The fourth-order valence-corrected chi connectivity index (χ4v) is 4.07. The highest BCUT2D eigenvalue weighted by molar-refractivity contribution is 9.10. The standard InChI is InChI=1S/C21H21BrFN3O2S/c1-12-18(20(27)25(2)3)19(14-11-13(22)9-10-15(14)23)24-21(29)26(12)16-7-5-6-8-17(16)28-4/h5-11,19H,1-4H3,(H,24,29). The number of hydrogen-bond acceptors (Lipinski definition) is 3. The van der Waals surface area contributed by atoms with Crippen molar-refractivity contribution in [1.82, 2.24) is 10.2 Å². The van der Waals surface area contributed by atoms with Crippen LogP contribution in [0.4, 0.5) is 10.1 Å².